The van der Waals surface area contributed by atoms with Gasteiger partial charge in [0.15, 0.2) is 5.84 Å². The molecular formula is C3H8N2O2. The SMILES string of the molecule is C[C@H](O)/C(N)=N/O. The molecule has 0 aromatic carbocycles. The molecule has 0 aliphatic carbocycles. The second-order valence-electron chi connectivity index (χ2n) is 1.20. The van der Waals surface area contributed by atoms with Gasteiger partial charge in [-0.15, -0.1) is 0 Å². The second-order valence-corrected chi connectivity index (χ2v) is 1.20. The summed E-state index contributed by atoms with van der Waals surface area (Å²) in [6, 6.07) is 0. The van der Waals surface area contributed by atoms with E-state index in [4.69, 9.17) is 16.0 Å². The number of amidine groups is 1. The van der Waals surface area contributed by atoms with Crippen LogP contribution >= 0.6 is 0 Å². The van der Waals surface area contributed by atoms with E-state index in [0.717, 1.165) is 0 Å². The van der Waals surface area contributed by atoms with Crippen molar-refractivity contribution in [2.24, 2.45) is 10.9 Å². The summed E-state index contributed by atoms with van der Waals surface area (Å²) in [4.78, 5) is 0. The van der Waals surface area contributed by atoms with E-state index >= 15 is 0 Å². The Balaban J connectivity index is 3.56. The molecule has 0 heterocycles. The minimum atomic E-state index is -0.856. The Kier molecular flexibility index (Phi) is 2.15. The highest BCUT2D eigenvalue weighted by Gasteiger charge is 1.97. The van der Waals surface area contributed by atoms with Crippen molar-refractivity contribution in [3.05, 3.63) is 0 Å². The lowest BCUT2D eigenvalue weighted by Crippen LogP contribution is -2.25. The molecule has 0 aliphatic heterocycles. The van der Waals surface area contributed by atoms with Crippen molar-refractivity contribution in [3.8, 4) is 0 Å². The summed E-state index contributed by atoms with van der Waals surface area (Å²) in [5.74, 6) is -0.167. The van der Waals surface area contributed by atoms with Crippen LogP contribution in [0.3, 0.4) is 0 Å². The van der Waals surface area contributed by atoms with Crippen LogP contribution in [0.15, 0.2) is 5.16 Å². The summed E-state index contributed by atoms with van der Waals surface area (Å²) < 4.78 is 0. The molecule has 0 aromatic heterocycles. The molecule has 0 saturated carbocycles. The molecule has 0 spiro atoms. The topological polar surface area (TPSA) is 78.8 Å². The Bertz CT molecular complexity index is 79.0. The highest BCUT2D eigenvalue weighted by Crippen LogP contribution is 1.75. The third-order valence-corrected chi connectivity index (χ3v) is 0.544. The molecule has 4 N–H and O–H groups in total. The van der Waals surface area contributed by atoms with Crippen LogP contribution in [0.25, 0.3) is 0 Å². The van der Waals surface area contributed by atoms with E-state index in [2.05, 4.69) is 5.16 Å². The molecule has 0 aromatic rings. The lowest BCUT2D eigenvalue weighted by Gasteiger charge is -1.96. The van der Waals surface area contributed by atoms with Gasteiger partial charge in [0.05, 0.1) is 0 Å². The molecule has 0 unspecified atom stereocenters. The fourth-order valence-electron chi connectivity index (χ4n) is 0.0836. The maximum absolute atomic E-state index is 8.41. The van der Waals surface area contributed by atoms with Crippen LogP contribution < -0.4 is 5.73 Å². The van der Waals surface area contributed by atoms with Crippen molar-refractivity contribution >= 4 is 5.84 Å². The minimum Gasteiger partial charge on any atom is -0.409 e. The largest absolute Gasteiger partial charge is 0.409 e. The van der Waals surface area contributed by atoms with Gasteiger partial charge in [-0.25, -0.2) is 0 Å². The summed E-state index contributed by atoms with van der Waals surface area (Å²) in [5.41, 5.74) is 4.87. The van der Waals surface area contributed by atoms with E-state index in [0.29, 0.717) is 0 Å². The van der Waals surface area contributed by atoms with Gasteiger partial charge in [0.2, 0.25) is 0 Å². The number of aliphatic hydroxyl groups excluding tert-OH is 1. The third kappa shape index (κ3) is 1.99. The van der Waals surface area contributed by atoms with E-state index < -0.39 is 6.10 Å². The van der Waals surface area contributed by atoms with Crippen molar-refractivity contribution in [1.29, 1.82) is 0 Å². The van der Waals surface area contributed by atoms with Crippen LogP contribution in [0, 0.1) is 0 Å². The lowest BCUT2D eigenvalue weighted by molar-refractivity contribution is 0.246. The Morgan fingerprint density at radius 2 is 2.29 bits per heavy atom. The minimum absolute atomic E-state index is 0.167. The first-order valence-corrected chi connectivity index (χ1v) is 1.84. The van der Waals surface area contributed by atoms with Crippen LogP contribution in [-0.4, -0.2) is 22.3 Å². The van der Waals surface area contributed by atoms with Gasteiger partial charge < -0.3 is 16.0 Å². The van der Waals surface area contributed by atoms with E-state index in [-0.39, 0.29) is 5.84 Å². The molecule has 0 fully saturated rings. The maximum Gasteiger partial charge on any atom is 0.167 e. The second kappa shape index (κ2) is 2.41. The standard InChI is InChI=1S/C3H8N2O2/c1-2(6)3(4)5-7/h2,6-7H,1H3,(H2,4,5)/t2-/m0/s1. The highest BCUT2D eigenvalue weighted by atomic mass is 16.4. The van der Waals surface area contributed by atoms with Crippen LogP contribution in [0.4, 0.5) is 0 Å². The van der Waals surface area contributed by atoms with Crippen molar-refractivity contribution in [3.63, 3.8) is 0 Å². The van der Waals surface area contributed by atoms with E-state index in [1.54, 1.807) is 0 Å². The van der Waals surface area contributed by atoms with Crippen LogP contribution in [0.2, 0.25) is 0 Å². The van der Waals surface area contributed by atoms with E-state index in [9.17, 15) is 0 Å². The number of aliphatic hydroxyl groups is 1. The van der Waals surface area contributed by atoms with Crippen molar-refractivity contribution in [2.45, 2.75) is 13.0 Å². The van der Waals surface area contributed by atoms with Crippen LogP contribution in [0.1, 0.15) is 6.92 Å². The van der Waals surface area contributed by atoms with Gasteiger partial charge >= 0.3 is 0 Å². The van der Waals surface area contributed by atoms with Crippen molar-refractivity contribution in [2.75, 3.05) is 0 Å². The third-order valence-electron chi connectivity index (χ3n) is 0.544. The molecule has 4 nitrogen and oxygen atoms in total. The molecule has 0 bridgehead atoms. The van der Waals surface area contributed by atoms with E-state index in [1.165, 1.54) is 6.92 Å². The summed E-state index contributed by atoms with van der Waals surface area (Å²) in [6.07, 6.45) is -0.856. The lowest BCUT2D eigenvalue weighted by atomic mass is 10.4. The quantitative estimate of drug-likeness (QED) is 0.175. The molecule has 0 amide bonds. The first-order chi connectivity index (χ1) is 3.18. The molecule has 7 heavy (non-hydrogen) atoms. The van der Waals surface area contributed by atoms with E-state index in [1.807, 2.05) is 0 Å². The van der Waals surface area contributed by atoms with Gasteiger partial charge in [0, 0.05) is 0 Å². The average Bonchev–Trinajstić information content (AvgIpc) is 1.65. The van der Waals surface area contributed by atoms with Crippen LogP contribution in [-0.2, 0) is 0 Å². The molecule has 1 atom stereocenters. The predicted octanol–water partition coefficient (Wildman–Crippen LogP) is -0.886. The zero-order chi connectivity index (χ0) is 5.86. The fourth-order valence-corrected chi connectivity index (χ4v) is 0.0836. The van der Waals surface area contributed by atoms with Gasteiger partial charge in [0.1, 0.15) is 6.10 Å². The molecule has 0 saturated heterocycles. The Hall–Kier alpha value is -0.770. The first-order valence-electron chi connectivity index (χ1n) is 1.84. The molecule has 0 rings (SSSR count). The summed E-state index contributed by atoms with van der Waals surface area (Å²) >= 11 is 0. The van der Waals surface area contributed by atoms with Gasteiger partial charge in [-0.1, -0.05) is 5.16 Å². The molecule has 0 aliphatic rings. The van der Waals surface area contributed by atoms with Gasteiger partial charge in [-0.3, -0.25) is 0 Å². The Morgan fingerprint density at radius 1 is 1.86 bits per heavy atom. The highest BCUT2D eigenvalue weighted by molar-refractivity contribution is 5.83. The molecule has 4 heteroatoms. The maximum atomic E-state index is 8.41. The first kappa shape index (κ1) is 6.23. The normalized spacial score (nSPS) is 16.6. The van der Waals surface area contributed by atoms with Crippen molar-refractivity contribution < 1.29 is 10.3 Å². The smallest absolute Gasteiger partial charge is 0.167 e. The Labute approximate surface area is 41.2 Å². The van der Waals surface area contributed by atoms with Gasteiger partial charge in [-0.05, 0) is 6.92 Å². The zero-order valence-electron chi connectivity index (χ0n) is 4.00. The molecule has 0 radical (unpaired) electrons. The fraction of sp³-hybridized carbons (Fsp3) is 0.667. The number of nitrogens with zero attached hydrogens (tertiary/aromatic N) is 1. The number of oxime groups is 1. The molecular weight excluding hydrogens is 96.0 g/mol. The van der Waals surface area contributed by atoms with Crippen LogP contribution in [0.5, 0.6) is 0 Å². The average molecular weight is 104 g/mol. The number of nitrogens with two attached hydrogens (primary N) is 1. The van der Waals surface area contributed by atoms with Crippen molar-refractivity contribution in [1.82, 2.24) is 0 Å². The summed E-state index contributed by atoms with van der Waals surface area (Å²) in [5, 5.41) is 18.7. The Morgan fingerprint density at radius 3 is 2.29 bits per heavy atom. The summed E-state index contributed by atoms with van der Waals surface area (Å²) in [6.45, 7) is 1.41. The summed E-state index contributed by atoms with van der Waals surface area (Å²) in [7, 11) is 0. The monoisotopic (exact) mass is 104 g/mol. The van der Waals surface area contributed by atoms with Gasteiger partial charge in [-0.2, -0.15) is 0 Å². The molecule has 42 valence electrons. The number of hydrogen-bond donors (Lipinski definition) is 3. The van der Waals surface area contributed by atoms with Gasteiger partial charge in [0.25, 0.3) is 0 Å². The zero-order valence-corrected chi connectivity index (χ0v) is 4.00. The predicted molar refractivity (Wildman–Crippen MR) is 25.1 cm³/mol. The number of hydrogen-bond acceptors (Lipinski definition) is 3. The number of rotatable bonds is 1.